The second-order valence-corrected chi connectivity index (χ2v) is 7.23. The molecule has 1 N–H and O–H groups in total. The molecule has 1 aliphatic rings. The molecule has 24 heavy (non-hydrogen) atoms. The summed E-state index contributed by atoms with van der Waals surface area (Å²) in [5.41, 5.74) is 1.45. The maximum Gasteiger partial charge on any atom is 0.221 e. The Morgan fingerprint density at radius 3 is 2.58 bits per heavy atom. The van der Waals surface area contributed by atoms with E-state index in [4.69, 9.17) is 0 Å². The van der Waals surface area contributed by atoms with E-state index in [1.807, 2.05) is 0 Å². The molecule has 0 aromatic heterocycles. The van der Waals surface area contributed by atoms with E-state index < -0.39 is 0 Å². The quantitative estimate of drug-likeness (QED) is 0.706. The number of amides is 1. The maximum atomic E-state index is 11.9. The summed E-state index contributed by atoms with van der Waals surface area (Å²) in [5, 5.41) is 3.03. The molecule has 134 valence electrons. The Balaban J connectivity index is 1.55. The van der Waals surface area contributed by atoms with Crippen molar-refractivity contribution in [1.82, 2.24) is 15.1 Å². The molecule has 2 rings (SSSR count). The Morgan fingerprint density at radius 1 is 1.21 bits per heavy atom. The van der Waals surface area contributed by atoms with Gasteiger partial charge in [0.05, 0.1) is 0 Å². The minimum atomic E-state index is 0.195. The van der Waals surface area contributed by atoms with Gasteiger partial charge in [0.2, 0.25) is 5.91 Å². The summed E-state index contributed by atoms with van der Waals surface area (Å²) in [5.74, 6) is 0.990. The van der Waals surface area contributed by atoms with Gasteiger partial charge in [-0.3, -0.25) is 4.79 Å². The Hall–Kier alpha value is -1.39. The number of piperidine rings is 1. The van der Waals surface area contributed by atoms with E-state index in [2.05, 4.69) is 59.5 Å². The molecular weight excluding hydrogens is 298 g/mol. The van der Waals surface area contributed by atoms with Gasteiger partial charge in [-0.15, -0.1) is 0 Å². The van der Waals surface area contributed by atoms with Gasteiger partial charge in [0.15, 0.2) is 0 Å². The predicted octanol–water partition coefficient (Wildman–Crippen LogP) is 2.40. The number of nitrogens with zero attached hydrogens (tertiary/aromatic N) is 2. The van der Waals surface area contributed by atoms with Crippen LogP contribution in [0.3, 0.4) is 0 Å². The molecule has 1 amide bonds. The van der Waals surface area contributed by atoms with E-state index in [0.29, 0.717) is 6.42 Å². The minimum Gasteiger partial charge on any atom is -0.356 e. The van der Waals surface area contributed by atoms with Crippen molar-refractivity contribution >= 4 is 5.91 Å². The Labute approximate surface area is 147 Å². The second kappa shape index (κ2) is 10.5. The fourth-order valence-electron chi connectivity index (χ4n) is 3.33. The van der Waals surface area contributed by atoms with Gasteiger partial charge in [0, 0.05) is 19.5 Å². The normalized spacial score (nSPS) is 16.5. The summed E-state index contributed by atoms with van der Waals surface area (Å²) >= 11 is 0. The highest BCUT2D eigenvalue weighted by Gasteiger charge is 2.19. The number of hydrogen-bond donors (Lipinski definition) is 1. The van der Waals surface area contributed by atoms with Crippen LogP contribution in [-0.2, 0) is 11.2 Å². The molecule has 0 spiro atoms. The summed E-state index contributed by atoms with van der Waals surface area (Å²) < 4.78 is 0. The fraction of sp³-hybridized carbons (Fsp3) is 0.650. The third-order valence-electron chi connectivity index (χ3n) is 4.83. The zero-order valence-corrected chi connectivity index (χ0v) is 15.3. The first-order valence-electron chi connectivity index (χ1n) is 9.31. The molecule has 0 bridgehead atoms. The Kier molecular flexibility index (Phi) is 8.26. The summed E-state index contributed by atoms with van der Waals surface area (Å²) in [7, 11) is 4.12. The van der Waals surface area contributed by atoms with Gasteiger partial charge in [0.25, 0.3) is 0 Å². The standard InChI is InChI=1S/C20H33N3O/c1-22(2)13-6-12-21-20(24)11-16-23-14-9-19(10-15-23)17-18-7-4-3-5-8-18/h3-5,7-8,19H,6,9-17H2,1-2H3,(H,21,24). The molecule has 0 aliphatic carbocycles. The lowest BCUT2D eigenvalue weighted by Crippen LogP contribution is -2.37. The monoisotopic (exact) mass is 331 g/mol. The zero-order chi connectivity index (χ0) is 17.2. The van der Waals surface area contributed by atoms with Crippen molar-refractivity contribution in [2.45, 2.75) is 32.1 Å². The SMILES string of the molecule is CN(C)CCCNC(=O)CCN1CCC(Cc2ccccc2)CC1. The number of likely N-dealkylation sites (tertiary alicyclic amines) is 1. The molecule has 4 heteroatoms. The molecule has 0 radical (unpaired) electrons. The van der Waals surface area contributed by atoms with Gasteiger partial charge in [-0.05, 0) is 70.9 Å². The highest BCUT2D eigenvalue weighted by molar-refractivity contribution is 5.76. The first-order valence-corrected chi connectivity index (χ1v) is 9.31. The molecule has 1 aromatic rings. The minimum absolute atomic E-state index is 0.195. The third-order valence-corrected chi connectivity index (χ3v) is 4.83. The summed E-state index contributed by atoms with van der Waals surface area (Å²) in [4.78, 5) is 16.5. The van der Waals surface area contributed by atoms with E-state index in [9.17, 15) is 4.79 Å². The zero-order valence-electron chi connectivity index (χ0n) is 15.3. The molecule has 1 aliphatic heterocycles. The third kappa shape index (κ3) is 7.45. The van der Waals surface area contributed by atoms with E-state index >= 15 is 0 Å². The van der Waals surface area contributed by atoms with Gasteiger partial charge in [-0.2, -0.15) is 0 Å². The van der Waals surface area contributed by atoms with Crippen LogP contribution in [0.25, 0.3) is 0 Å². The van der Waals surface area contributed by atoms with Crippen molar-refractivity contribution in [3.63, 3.8) is 0 Å². The van der Waals surface area contributed by atoms with Gasteiger partial charge < -0.3 is 15.1 Å². The van der Waals surface area contributed by atoms with E-state index in [1.54, 1.807) is 0 Å². The first-order chi connectivity index (χ1) is 11.6. The van der Waals surface area contributed by atoms with Crippen molar-refractivity contribution in [2.24, 2.45) is 5.92 Å². The number of benzene rings is 1. The Bertz CT molecular complexity index is 467. The van der Waals surface area contributed by atoms with E-state index in [1.165, 1.54) is 24.8 Å². The highest BCUT2D eigenvalue weighted by atomic mass is 16.1. The van der Waals surface area contributed by atoms with Crippen LogP contribution in [0.1, 0.15) is 31.2 Å². The molecule has 1 saturated heterocycles. The van der Waals surface area contributed by atoms with Crippen molar-refractivity contribution in [2.75, 3.05) is 46.8 Å². The number of carbonyl (C=O) groups excluding carboxylic acids is 1. The molecule has 1 fully saturated rings. The molecular formula is C20H33N3O. The van der Waals surface area contributed by atoms with Crippen LogP contribution in [-0.4, -0.2) is 62.5 Å². The lowest BCUT2D eigenvalue weighted by atomic mass is 9.90. The maximum absolute atomic E-state index is 11.9. The lowest BCUT2D eigenvalue weighted by Gasteiger charge is -2.31. The molecule has 0 saturated carbocycles. The van der Waals surface area contributed by atoms with Crippen LogP contribution in [0.5, 0.6) is 0 Å². The summed E-state index contributed by atoms with van der Waals surface area (Å²) in [6.07, 6.45) is 5.34. The van der Waals surface area contributed by atoms with Crippen molar-refractivity contribution in [1.29, 1.82) is 0 Å². The molecule has 1 aromatic carbocycles. The van der Waals surface area contributed by atoms with E-state index in [0.717, 1.165) is 45.1 Å². The smallest absolute Gasteiger partial charge is 0.221 e. The number of carbonyl (C=O) groups is 1. The van der Waals surface area contributed by atoms with Gasteiger partial charge >= 0.3 is 0 Å². The number of hydrogen-bond acceptors (Lipinski definition) is 3. The van der Waals surface area contributed by atoms with Crippen LogP contribution in [0.15, 0.2) is 30.3 Å². The van der Waals surface area contributed by atoms with Gasteiger partial charge in [0.1, 0.15) is 0 Å². The summed E-state index contributed by atoms with van der Waals surface area (Å²) in [6, 6.07) is 10.8. The van der Waals surface area contributed by atoms with Crippen molar-refractivity contribution < 1.29 is 4.79 Å². The predicted molar refractivity (Wildman–Crippen MR) is 100 cm³/mol. The largest absolute Gasteiger partial charge is 0.356 e. The van der Waals surface area contributed by atoms with Crippen LogP contribution in [0.4, 0.5) is 0 Å². The van der Waals surface area contributed by atoms with Crippen LogP contribution in [0, 0.1) is 5.92 Å². The van der Waals surface area contributed by atoms with Gasteiger partial charge in [-0.25, -0.2) is 0 Å². The van der Waals surface area contributed by atoms with Crippen molar-refractivity contribution in [3.05, 3.63) is 35.9 Å². The molecule has 0 atom stereocenters. The molecule has 1 heterocycles. The highest BCUT2D eigenvalue weighted by Crippen LogP contribution is 2.21. The van der Waals surface area contributed by atoms with Crippen molar-refractivity contribution in [3.8, 4) is 0 Å². The first kappa shape index (κ1) is 18.9. The second-order valence-electron chi connectivity index (χ2n) is 7.23. The number of nitrogens with one attached hydrogen (secondary N) is 1. The topological polar surface area (TPSA) is 35.6 Å². The van der Waals surface area contributed by atoms with Gasteiger partial charge in [-0.1, -0.05) is 30.3 Å². The lowest BCUT2D eigenvalue weighted by molar-refractivity contribution is -0.121. The molecule has 4 nitrogen and oxygen atoms in total. The Morgan fingerprint density at radius 2 is 1.92 bits per heavy atom. The van der Waals surface area contributed by atoms with Crippen LogP contribution < -0.4 is 5.32 Å². The van der Waals surface area contributed by atoms with Crippen LogP contribution >= 0.6 is 0 Å². The average molecular weight is 332 g/mol. The fourth-order valence-corrected chi connectivity index (χ4v) is 3.33. The van der Waals surface area contributed by atoms with Crippen LogP contribution in [0.2, 0.25) is 0 Å². The molecule has 0 unspecified atom stereocenters. The number of rotatable bonds is 9. The van der Waals surface area contributed by atoms with E-state index in [-0.39, 0.29) is 5.91 Å². The average Bonchev–Trinajstić information content (AvgIpc) is 2.59. The summed E-state index contributed by atoms with van der Waals surface area (Å²) in [6.45, 7) is 4.97.